The van der Waals surface area contributed by atoms with Gasteiger partial charge in [0, 0.05) is 19.5 Å². The average molecular weight is 152 g/mol. The summed E-state index contributed by atoms with van der Waals surface area (Å²) in [7, 11) is 0. The Kier molecular flexibility index (Phi) is 3.73. The van der Waals surface area contributed by atoms with Gasteiger partial charge in [-0.25, -0.2) is 0 Å². The molecule has 0 aromatic heterocycles. The molecular formula is C9H16N2. The largest absolute Gasteiger partial charge is 0.370 e. The van der Waals surface area contributed by atoms with Crippen molar-refractivity contribution >= 4 is 5.84 Å². The van der Waals surface area contributed by atoms with Gasteiger partial charge in [-0.1, -0.05) is 12.5 Å². The molecule has 2 nitrogen and oxygen atoms in total. The van der Waals surface area contributed by atoms with E-state index in [4.69, 9.17) is 0 Å². The Morgan fingerprint density at radius 2 is 2.36 bits per heavy atom. The van der Waals surface area contributed by atoms with Crippen molar-refractivity contribution in [3.8, 4) is 0 Å². The molecule has 1 heterocycles. The first-order valence-electron chi connectivity index (χ1n) is 4.31. The van der Waals surface area contributed by atoms with Gasteiger partial charge in [-0.2, -0.15) is 0 Å². The SMILES string of the molecule is C=CCNC1=NCCCCC1. The Morgan fingerprint density at radius 3 is 3.18 bits per heavy atom. The van der Waals surface area contributed by atoms with Gasteiger partial charge in [-0.15, -0.1) is 6.58 Å². The molecule has 11 heavy (non-hydrogen) atoms. The number of rotatable bonds is 2. The predicted molar refractivity (Wildman–Crippen MR) is 49.0 cm³/mol. The minimum absolute atomic E-state index is 0.846. The maximum Gasteiger partial charge on any atom is 0.0965 e. The summed E-state index contributed by atoms with van der Waals surface area (Å²) in [6, 6.07) is 0. The van der Waals surface area contributed by atoms with Crippen LogP contribution in [0, 0.1) is 0 Å². The first-order chi connectivity index (χ1) is 5.43. The maximum absolute atomic E-state index is 4.42. The van der Waals surface area contributed by atoms with Gasteiger partial charge in [-0.05, 0) is 12.8 Å². The molecule has 1 N–H and O–H groups in total. The highest BCUT2D eigenvalue weighted by Crippen LogP contribution is 2.05. The van der Waals surface area contributed by atoms with Gasteiger partial charge in [0.15, 0.2) is 0 Å². The maximum atomic E-state index is 4.42. The number of hydrogen-bond acceptors (Lipinski definition) is 2. The van der Waals surface area contributed by atoms with Gasteiger partial charge in [0.25, 0.3) is 0 Å². The Labute approximate surface area is 68.4 Å². The van der Waals surface area contributed by atoms with Crippen LogP contribution in [0.15, 0.2) is 17.6 Å². The molecule has 1 aliphatic heterocycles. The van der Waals surface area contributed by atoms with Crippen molar-refractivity contribution in [1.29, 1.82) is 0 Å². The lowest BCUT2D eigenvalue weighted by Crippen LogP contribution is -2.22. The van der Waals surface area contributed by atoms with Gasteiger partial charge in [0.1, 0.15) is 0 Å². The van der Waals surface area contributed by atoms with E-state index in [9.17, 15) is 0 Å². The van der Waals surface area contributed by atoms with E-state index in [-0.39, 0.29) is 0 Å². The van der Waals surface area contributed by atoms with Gasteiger partial charge < -0.3 is 5.32 Å². The summed E-state index contributed by atoms with van der Waals surface area (Å²) in [6.45, 7) is 5.50. The van der Waals surface area contributed by atoms with Crippen molar-refractivity contribution in [2.24, 2.45) is 4.99 Å². The zero-order chi connectivity index (χ0) is 7.94. The number of amidine groups is 1. The van der Waals surface area contributed by atoms with Crippen molar-refractivity contribution < 1.29 is 0 Å². The van der Waals surface area contributed by atoms with Crippen LogP contribution in [0.1, 0.15) is 25.7 Å². The second kappa shape index (κ2) is 4.94. The summed E-state index contributed by atoms with van der Waals surface area (Å²) >= 11 is 0. The molecule has 62 valence electrons. The Bertz CT molecular complexity index is 150. The molecule has 0 aromatic carbocycles. The Hall–Kier alpha value is -0.790. The zero-order valence-corrected chi connectivity index (χ0v) is 6.97. The molecular weight excluding hydrogens is 136 g/mol. The van der Waals surface area contributed by atoms with E-state index < -0.39 is 0 Å². The smallest absolute Gasteiger partial charge is 0.0965 e. The van der Waals surface area contributed by atoms with Crippen LogP contribution in [0.5, 0.6) is 0 Å². The number of nitrogens with zero attached hydrogens (tertiary/aromatic N) is 1. The topological polar surface area (TPSA) is 24.4 Å². The summed E-state index contributed by atoms with van der Waals surface area (Å²) in [5.74, 6) is 1.17. The molecule has 0 aromatic rings. The minimum atomic E-state index is 0.846. The third-order valence-electron chi connectivity index (χ3n) is 1.82. The second-order valence-corrected chi connectivity index (χ2v) is 2.81. The molecule has 0 saturated heterocycles. The molecule has 0 aliphatic carbocycles. The Balaban J connectivity index is 2.28. The first-order valence-corrected chi connectivity index (χ1v) is 4.31. The summed E-state index contributed by atoms with van der Waals surface area (Å²) in [5.41, 5.74) is 0. The summed E-state index contributed by atoms with van der Waals surface area (Å²) in [6.07, 6.45) is 6.84. The fraction of sp³-hybridized carbons (Fsp3) is 0.667. The zero-order valence-electron chi connectivity index (χ0n) is 6.97. The van der Waals surface area contributed by atoms with Gasteiger partial charge >= 0.3 is 0 Å². The molecule has 1 rings (SSSR count). The fourth-order valence-electron chi connectivity index (χ4n) is 1.21. The molecule has 0 atom stereocenters. The van der Waals surface area contributed by atoms with Crippen molar-refractivity contribution in [3.05, 3.63) is 12.7 Å². The third-order valence-corrected chi connectivity index (χ3v) is 1.82. The van der Waals surface area contributed by atoms with Crippen LogP contribution in [-0.4, -0.2) is 18.9 Å². The van der Waals surface area contributed by atoms with E-state index in [1.165, 1.54) is 25.1 Å². The van der Waals surface area contributed by atoms with E-state index in [0.717, 1.165) is 19.5 Å². The van der Waals surface area contributed by atoms with Crippen LogP contribution in [0.2, 0.25) is 0 Å². The van der Waals surface area contributed by atoms with E-state index in [0.29, 0.717) is 0 Å². The fourth-order valence-corrected chi connectivity index (χ4v) is 1.21. The molecule has 0 fully saturated rings. The van der Waals surface area contributed by atoms with Gasteiger partial charge in [-0.3, -0.25) is 4.99 Å². The molecule has 0 spiro atoms. The van der Waals surface area contributed by atoms with E-state index >= 15 is 0 Å². The molecule has 0 amide bonds. The van der Waals surface area contributed by atoms with E-state index in [1.54, 1.807) is 0 Å². The molecule has 0 saturated carbocycles. The van der Waals surface area contributed by atoms with Gasteiger partial charge in [0.2, 0.25) is 0 Å². The summed E-state index contributed by atoms with van der Waals surface area (Å²) in [5, 5.41) is 3.24. The first kappa shape index (κ1) is 8.31. The van der Waals surface area contributed by atoms with Crippen LogP contribution >= 0.6 is 0 Å². The summed E-state index contributed by atoms with van der Waals surface area (Å²) in [4.78, 5) is 4.42. The lowest BCUT2D eigenvalue weighted by atomic mass is 10.2. The van der Waals surface area contributed by atoms with Crippen molar-refractivity contribution in [3.63, 3.8) is 0 Å². The Morgan fingerprint density at radius 1 is 1.45 bits per heavy atom. The average Bonchev–Trinajstić information content (AvgIpc) is 2.28. The summed E-state index contributed by atoms with van der Waals surface area (Å²) < 4.78 is 0. The van der Waals surface area contributed by atoms with Crippen molar-refractivity contribution in [2.75, 3.05) is 13.1 Å². The van der Waals surface area contributed by atoms with Crippen LogP contribution in [0.25, 0.3) is 0 Å². The normalized spacial score (nSPS) is 18.4. The second-order valence-electron chi connectivity index (χ2n) is 2.81. The van der Waals surface area contributed by atoms with E-state index in [1.807, 2.05) is 6.08 Å². The van der Waals surface area contributed by atoms with Crippen molar-refractivity contribution in [1.82, 2.24) is 5.32 Å². The van der Waals surface area contributed by atoms with Crippen molar-refractivity contribution in [2.45, 2.75) is 25.7 Å². The lowest BCUT2D eigenvalue weighted by molar-refractivity contribution is 0.729. The van der Waals surface area contributed by atoms with Crippen LogP contribution in [0.4, 0.5) is 0 Å². The monoisotopic (exact) mass is 152 g/mol. The highest BCUT2D eigenvalue weighted by Gasteiger charge is 2.01. The quantitative estimate of drug-likeness (QED) is 0.599. The lowest BCUT2D eigenvalue weighted by Gasteiger charge is -2.03. The number of aliphatic imine (C=N–C) groups is 1. The highest BCUT2D eigenvalue weighted by molar-refractivity contribution is 5.82. The van der Waals surface area contributed by atoms with Crippen LogP contribution in [0.3, 0.4) is 0 Å². The standard InChI is InChI=1S/C9H16N2/c1-2-7-10-9-6-4-3-5-8-11-9/h2H,1,3-8H2,(H,10,11). The van der Waals surface area contributed by atoms with Crippen LogP contribution in [-0.2, 0) is 0 Å². The molecule has 0 radical (unpaired) electrons. The predicted octanol–water partition coefficient (Wildman–Crippen LogP) is 1.73. The van der Waals surface area contributed by atoms with Crippen LogP contribution < -0.4 is 5.32 Å². The van der Waals surface area contributed by atoms with E-state index in [2.05, 4.69) is 16.9 Å². The van der Waals surface area contributed by atoms with Gasteiger partial charge in [0.05, 0.1) is 5.84 Å². The number of nitrogens with one attached hydrogen (secondary N) is 1. The number of hydrogen-bond donors (Lipinski definition) is 1. The third kappa shape index (κ3) is 3.21. The minimum Gasteiger partial charge on any atom is -0.370 e. The molecule has 1 aliphatic rings. The highest BCUT2D eigenvalue weighted by atomic mass is 15.0. The molecule has 0 unspecified atom stereocenters. The molecule has 0 bridgehead atoms. The molecule has 2 heteroatoms.